The first-order valence-electron chi connectivity index (χ1n) is 10.2. The summed E-state index contributed by atoms with van der Waals surface area (Å²) >= 11 is 0. The van der Waals surface area contributed by atoms with Gasteiger partial charge >= 0.3 is 0 Å². The van der Waals surface area contributed by atoms with E-state index in [4.69, 9.17) is 14.6 Å². The van der Waals surface area contributed by atoms with Gasteiger partial charge in [-0.1, -0.05) is 6.92 Å². The van der Waals surface area contributed by atoms with Gasteiger partial charge in [-0.2, -0.15) is 5.10 Å². The highest BCUT2D eigenvalue weighted by molar-refractivity contribution is 5.76. The molecular formula is C20H34N4O4. The van der Waals surface area contributed by atoms with Crippen molar-refractivity contribution in [3.05, 3.63) is 17.0 Å². The summed E-state index contributed by atoms with van der Waals surface area (Å²) in [6.07, 6.45) is 3.20. The van der Waals surface area contributed by atoms with Gasteiger partial charge in [0.05, 0.1) is 12.3 Å². The van der Waals surface area contributed by atoms with Crippen LogP contribution in [-0.4, -0.2) is 83.0 Å². The second kappa shape index (κ2) is 11.2. The second-order valence-electron chi connectivity index (χ2n) is 7.53. The van der Waals surface area contributed by atoms with Gasteiger partial charge in [0.25, 0.3) is 6.47 Å². The Hall–Kier alpha value is -1.93. The van der Waals surface area contributed by atoms with Crippen molar-refractivity contribution in [3.63, 3.8) is 0 Å². The fraction of sp³-hybridized carbons (Fsp3) is 0.750. The van der Waals surface area contributed by atoms with E-state index >= 15 is 0 Å². The number of aromatic nitrogens is 2. The average molecular weight is 395 g/mol. The lowest BCUT2D eigenvalue weighted by molar-refractivity contribution is -0.132. The quantitative estimate of drug-likeness (QED) is 0.758. The second-order valence-corrected chi connectivity index (χ2v) is 7.53. The van der Waals surface area contributed by atoms with E-state index in [-0.39, 0.29) is 12.4 Å². The van der Waals surface area contributed by atoms with Gasteiger partial charge in [0, 0.05) is 38.5 Å². The van der Waals surface area contributed by atoms with Crippen LogP contribution in [0.4, 0.5) is 0 Å². The first kappa shape index (κ1) is 22.4. The molecular weight excluding hydrogens is 360 g/mol. The van der Waals surface area contributed by atoms with Gasteiger partial charge in [-0.3, -0.25) is 14.3 Å². The van der Waals surface area contributed by atoms with Crippen LogP contribution in [0.5, 0.6) is 0 Å². The average Bonchev–Trinajstić information content (AvgIpc) is 3.17. The fourth-order valence-electron chi connectivity index (χ4n) is 4.12. The molecule has 0 saturated carbocycles. The highest BCUT2D eigenvalue weighted by Crippen LogP contribution is 2.16. The topological polar surface area (TPSA) is 87.9 Å². The third-order valence-corrected chi connectivity index (χ3v) is 5.65. The van der Waals surface area contributed by atoms with Crippen LogP contribution in [0.2, 0.25) is 0 Å². The molecule has 0 aliphatic carbocycles. The third-order valence-electron chi connectivity index (χ3n) is 5.65. The van der Waals surface area contributed by atoms with Gasteiger partial charge in [-0.05, 0) is 51.1 Å². The summed E-state index contributed by atoms with van der Waals surface area (Å²) in [4.78, 5) is 25.6. The van der Waals surface area contributed by atoms with Crippen molar-refractivity contribution < 1.29 is 19.4 Å². The number of rotatable bonds is 5. The molecule has 1 aromatic rings. The Kier molecular flexibility index (Phi) is 8.92. The maximum atomic E-state index is 12.8. The lowest BCUT2D eigenvalue weighted by atomic mass is 10.1. The molecule has 3 heterocycles. The normalized spacial score (nSPS) is 20.4. The minimum Gasteiger partial charge on any atom is -0.483 e. The fourth-order valence-corrected chi connectivity index (χ4v) is 4.12. The lowest BCUT2D eigenvalue weighted by Gasteiger charge is -2.24. The van der Waals surface area contributed by atoms with Gasteiger partial charge in [-0.25, -0.2) is 0 Å². The summed E-state index contributed by atoms with van der Waals surface area (Å²) in [6, 6.07) is 0. The van der Waals surface area contributed by atoms with Crippen LogP contribution in [0.25, 0.3) is 0 Å². The summed E-state index contributed by atoms with van der Waals surface area (Å²) in [5, 5.41) is 11.5. The maximum Gasteiger partial charge on any atom is 0.290 e. The number of ether oxygens (including phenoxy) is 1. The number of carbonyl (C=O) groups excluding carboxylic acids is 1. The van der Waals surface area contributed by atoms with Crippen molar-refractivity contribution in [2.45, 2.75) is 46.6 Å². The summed E-state index contributed by atoms with van der Waals surface area (Å²) in [5.74, 6) is 0.865. The lowest BCUT2D eigenvalue weighted by Crippen LogP contribution is -2.38. The smallest absolute Gasteiger partial charge is 0.290 e. The Morgan fingerprint density at radius 2 is 2.04 bits per heavy atom. The van der Waals surface area contributed by atoms with Crippen LogP contribution < -0.4 is 0 Å². The number of carboxylic acid groups (broad SMARTS) is 1. The molecule has 0 aromatic carbocycles. The van der Waals surface area contributed by atoms with Crippen LogP contribution in [0, 0.1) is 19.8 Å². The molecule has 28 heavy (non-hydrogen) atoms. The molecule has 2 saturated heterocycles. The summed E-state index contributed by atoms with van der Waals surface area (Å²) < 4.78 is 7.37. The predicted octanol–water partition coefficient (Wildman–Crippen LogP) is 1.33. The van der Waals surface area contributed by atoms with Crippen LogP contribution in [-0.2, 0) is 27.3 Å². The molecule has 1 N–H and O–H groups in total. The minimum atomic E-state index is -0.250. The molecule has 8 heteroatoms. The van der Waals surface area contributed by atoms with Crippen LogP contribution in [0.1, 0.15) is 36.7 Å². The number of amides is 1. The monoisotopic (exact) mass is 394 g/mol. The first-order chi connectivity index (χ1) is 13.5. The number of aryl methyl sites for hydroxylation is 1. The number of nitrogens with zero attached hydrogens (tertiary/aromatic N) is 4. The van der Waals surface area contributed by atoms with Gasteiger partial charge < -0.3 is 19.6 Å². The Morgan fingerprint density at radius 3 is 2.64 bits per heavy atom. The zero-order valence-electron chi connectivity index (χ0n) is 17.4. The van der Waals surface area contributed by atoms with Crippen molar-refractivity contribution in [2.24, 2.45) is 5.92 Å². The van der Waals surface area contributed by atoms with E-state index < -0.39 is 0 Å². The summed E-state index contributed by atoms with van der Waals surface area (Å²) in [6.45, 7) is 13.0. The van der Waals surface area contributed by atoms with Crippen LogP contribution >= 0.6 is 0 Å². The first-order valence-corrected chi connectivity index (χ1v) is 10.2. The molecule has 1 unspecified atom stereocenters. The number of hydrogen-bond donors (Lipinski definition) is 1. The van der Waals surface area contributed by atoms with Crippen LogP contribution in [0.15, 0.2) is 0 Å². The van der Waals surface area contributed by atoms with E-state index in [2.05, 4.69) is 23.8 Å². The van der Waals surface area contributed by atoms with Gasteiger partial charge in [0.15, 0.2) is 0 Å². The summed E-state index contributed by atoms with van der Waals surface area (Å²) in [5.41, 5.74) is 3.45. The van der Waals surface area contributed by atoms with E-state index in [1.54, 1.807) is 0 Å². The zero-order valence-corrected chi connectivity index (χ0v) is 17.4. The van der Waals surface area contributed by atoms with Crippen molar-refractivity contribution in [1.82, 2.24) is 19.6 Å². The molecule has 1 amide bonds. The van der Waals surface area contributed by atoms with Crippen molar-refractivity contribution >= 4 is 12.4 Å². The van der Waals surface area contributed by atoms with E-state index in [1.807, 2.05) is 16.5 Å². The molecule has 0 bridgehead atoms. The van der Waals surface area contributed by atoms with Crippen molar-refractivity contribution in [3.8, 4) is 0 Å². The maximum absolute atomic E-state index is 12.8. The number of hydrogen-bond acceptors (Lipinski definition) is 5. The molecule has 0 radical (unpaired) electrons. The highest BCUT2D eigenvalue weighted by atomic mass is 16.5. The highest BCUT2D eigenvalue weighted by Gasteiger charge is 2.24. The van der Waals surface area contributed by atoms with E-state index in [0.717, 1.165) is 70.2 Å². The van der Waals surface area contributed by atoms with E-state index in [9.17, 15) is 4.79 Å². The molecule has 2 aliphatic rings. The molecule has 3 rings (SSSR count). The van der Waals surface area contributed by atoms with E-state index in [0.29, 0.717) is 12.5 Å². The zero-order chi connectivity index (χ0) is 20.5. The Morgan fingerprint density at radius 1 is 1.29 bits per heavy atom. The third kappa shape index (κ3) is 6.04. The predicted molar refractivity (Wildman–Crippen MR) is 106 cm³/mol. The minimum absolute atomic E-state index is 0.194. The standard InChI is InChI=1S/C19H32N4O2.CH2O2/c1-4-18-15(2)20-23(16(18)3)13-19(24)22-8-5-7-21(9-10-22)12-17-6-11-25-14-17;2-1-3/h17H,4-14H2,1-3H3;1H,(H,2,3). The molecule has 158 valence electrons. The SMILES string of the molecule is CCc1c(C)nn(CC(=O)N2CCCN(CC3CCOC3)CC2)c1C.O=CO. The van der Waals surface area contributed by atoms with Crippen LogP contribution in [0.3, 0.4) is 0 Å². The summed E-state index contributed by atoms with van der Waals surface area (Å²) in [7, 11) is 0. The Balaban J connectivity index is 0.000000878. The van der Waals surface area contributed by atoms with Gasteiger partial charge in [-0.15, -0.1) is 0 Å². The Bertz CT molecular complexity index is 640. The number of carbonyl (C=O) groups is 2. The molecule has 0 spiro atoms. The van der Waals surface area contributed by atoms with Crippen molar-refractivity contribution in [2.75, 3.05) is 45.9 Å². The largest absolute Gasteiger partial charge is 0.483 e. The molecule has 2 aliphatic heterocycles. The molecule has 8 nitrogen and oxygen atoms in total. The Labute approximate surface area is 167 Å². The molecule has 2 fully saturated rings. The van der Waals surface area contributed by atoms with Crippen molar-refractivity contribution in [1.29, 1.82) is 0 Å². The van der Waals surface area contributed by atoms with Gasteiger partial charge in [0.2, 0.25) is 5.91 Å². The van der Waals surface area contributed by atoms with E-state index in [1.165, 1.54) is 12.0 Å². The molecule has 1 aromatic heterocycles. The molecule has 1 atom stereocenters. The van der Waals surface area contributed by atoms with Gasteiger partial charge in [0.1, 0.15) is 6.54 Å².